The number of fused-ring (bicyclic) bond motifs is 2. The first-order valence-electron chi connectivity index (χ1n) is 10.6. The van der Waals surface area contributed by atoms with Crippen molar-refractivity contribution in [3.05, 3.63) is 95.1 Å². The van der Waals surface area contributed by atoms with E-state index in [0.29, 0.717) is 16.8 Å². The number of rotatable bonds is 4. The maximum absolute atomic E-state index is 12.7. The van der Waals surface area contributed by atoms with Gasteiger partial charge in [0.25, 0.3) is 17.7 Å². The second-order valence-electron chi connectivity index (χ2n) is 8.06. The molecule has 0 fully saturated rings. The first-order chi connectivity index (χ1) is 16.0. The van der Waals surface area contributed by atoms with Crippen LogP contribution in [0, 0.1) is 0 Å². The molecule has 0 saturated carbocycles. The van der Waals surface area contributed by atoms with Crippen LogP contribution in [0.5, 0.6) is 0 Å². The van der Waals surface area contributed by atoms with E-state index in [1.54, 1.807) is 29.2 Å². The highest BCUT2D eigenvalue weighted by Gasteiger charge is 2.36. The number of anilines is 2. The third-order valence-electron chi connectivity index (χ3n) is 5.96. The number of benzene rings is 3. The second-order valence-corrected chi connectivity index (χ2v) is 8.06. The third kappa shape index (κ3) is 3.47. The van der Waals surface area contributed by atoms with Crippen LogP contribution < -0.4 is 9.80 Å². The van der Waals surface area contributed by atoms with Gasteiger partial charge in [0.05, 0.1) is 22.4 Å². The van der Waals surface area contributed by atoms with Gasteiger partial charge in [-0.15, -0.1) is 0 Å². The van der Waals surface area contributed by atoms with Crippen LogP contribution >= 0.6 is 0 Å². The first kappa shape index (κ1) is 20.6. The molecular weight excluding hydrogens is 420 g/mol. The van der Waals surface area contributed by atoms with Crippen molar-refractivity contribution in [2.45, 2.75) is 19.4 Å². The predicted octanol–water partition coefficient (Wildman–Crippen LogP) is 3.62. The largest absolute Gasteiger partial charge is 0.452 e. The summed E-state index contributed by atoms with van der Waals surface area (Å²) in [7, 11) is 0. The fraction of sp³-hybridized carbons (Fsp3) is 0.154. The van der Waals surface area contributed by atoms with E-state index in [9.17, 15) is 19.2 Å². The van der Waals surface area contributed by atoms with E-state index in [1.165, 1.54) is 24.3 Å². The summed E-state index contributed by atoms with van der Waals surface area (Å²) in [5.41, 5.74) is 3.21. The fourth-order valence-corrected chi connectivity index (χ4v) is 4.40. The minimum Gasteiger partial charge on any atom is -0.452 e. The average Bonchev–Trinajstić information content (AvgIpc) is 3.30. The highest BCUT2D eigenvalue weighted by atomic mass is 16.5. The minimum absolute atomic E-state index is 0.00690. The molecule has 7 heteroatoms. The predicted molar refractivity (Wildman–Crippen MR) is 121 cm³/mol. The van der Waals surface area contributed by atoms with Gasteiger partial charge >= 0.3 is 5.97 Å². The number of amides is 3. The fourth-order valence-electron chi connectivity index (χ4n) is 4.40. The molecule has 3 aromatic rings. The van der Waals surface area contributed by atoms with Crippen LogP contribution in [0.2, 0.25) is 0 Å². The Morgan fingerprint density at radius 1 is 0.879 bits per heavy atom. The van der Waals surface area contributed by atoms with Gasteiger partial charge in [0.15, 0.2) is 6.61 Å². The zero-order valence-corrected chi connectivity index (χ0v) is 17.9. The molecule has 2 aliphatic rings. The SMILES string of the molecule is CC1Cc2ccccc2N1C(=O)COC(=O)c1ccc(N2C(=O)c3ccccc3C2=O)cc1. The zero-order chi connectivity index (χ0) is 23.1. The van der Waals surface area contributed by atoms with Gasteiger partial charge in [-0.3, -0.25) is 14.4 Å². The van der Waals surface area contributed by atoms with Crippen molar-refractivity contribution in [3.8, 4) is 0 Å². The lowest BCUT2D eigenvalue weighted by Gasteiger charge is -2.22. The van der Waals surface area contributed by atoms with Gasteiger partial charge in [-0.25, -0.2) is 9.69 Å². The molecule has 2 aliphatic heterocycles. The highest BCUT2D eigenvalue weighted by molar-refractivity contribution is 6.34. The van der Waals surface area contributed by atoms with Crippen LogP contribution in [0.3, 0.4) is 0 Å². The lowest BCUT2D eigenvalue weighted by Crippen LogP contribution is -2.38. The van der Waals surface area contributed by atoms with Crippen LogP contribution in [-0.2, 0) is 16.0 Å². The van der Waals surface area contributed by atoms with Crippen molar-refractivity contribution in [1.82, 2.24) is 0 Å². The summed E-state index contributed by atoms with van der Waals surface area (Å²) in [6, 6.07) is 20.3. The summed E-state index contributed by atoms with van der Waals surface area (Å²) in [5, 5.41) is 0. The van der Waals surface area contributed by atoms with E-state index in [1.807, 2.05) is 31.2 Å². The van der Waals surface area contributed by atoms with Gasteiger partial charge in [-0.1, -0.05) is 30.3 Å². The van der Waals surface area contributed by atoms with Gasteiger partial charge in [-0.05, 0) is 61.4 Å². The van der Waals surface area contributed by atoms with Crippen molar-refractivity contribution >= 4 is 35.1 Å². The molecule has 2 heterocycles. The molecule has 7 nitrogen and oxygen atoms in total. The molecule has 3 amide bonds. The molecule has 0 radical (unpaired) electrons. The van der Waals surface area contributed by atoms with Crippen LogP contribution in [0.15, 0.2) is 72.8 Å². The first-order valence-corrected chi connectivity index (χ1v) is 10.6. The van der Waals surface area contributed by atoms with E-state index in [-0.39, 0.29) is 24.1 Å². The highest BCUT2D eigenvalue weighted by Crippen LogP contribution is 2.32. The Balaban J connectivity index is 1.25. The summed E-state index contributed by atoms with van der Waals surface area (Å²) >= 11 is 0. The van der Waals surface area contributed by atoms with Gasteiger partial charge in [0.2, 0.25) is 0 Å². The Labute approximate surface area is 190 Å². The number of carbonyl (C=O) groups excluding carboxylic acids is 4. The monoisotopic (exact) mass is 440 g/mol. The molecule has 0 bridgehead atoms. The number of hydrogen-bond donors (Lipinski definition) is 0. The van der Waals surface area contributed by atoms with Gasteiger partial charge in [0, 0.05) is 11.7 Å². The summed E-state index contributed by atoms with van der Waals surface area (Å²) in [4.78, 5) is 53.2. The molecule has 5 rings (SSSR count). The van der Waals surface area contributed by atoms with E-state index in [4.69, 9.17) is 4.74 Å². The number of imide groups is 1. The number of para-hydroxylation sites is 1. The number of esters is 1. The lowest BCUT2D eigenvalue weighted by atomic mass is 10.1. The van der Waals surface area contributed by atoms with Crippen LogP contribution in [0.4, 0.5) is 11.4 Å². The summed E-state index contributed by atoms with van der Waals surface area (Å²) in [6.45, 7) is 1.58. The van der Waals surface area contributed by atoms with E-state index < -0.39 is 17.8 Å². The topological polar surface area (TPSA) is 84.0 Å². The van der Waals surface area contributed by atoms with Crippen molar-refractivity contribution in [3.63, 3.8) is 0 Å². The Morgan fingerprint density at radius 3 is 2.15 bits per heavy atom. The molecule has 0 saturated heterocycles. The molecule has 0 spiro atoms. The minimum atomic E-state index is -0.655. The number of nitrogens with zero attached hydrogens (tertiary/aromatic N) is 2. The normalized spacial score (nSPS) is 16.6. The number of hydrogen-bond acceptors (Lipinski definition) is 5. The van der Waals surface area contributed by atoms with Crippen LogP contribution in [0.1, 0.15) is 43.6 Å². The molecule has 3 aromatic carbocycles. The Morgan fingerprint density at radius 2 is 1.48 bits per heavy atom. The average molecular weight is 440 g/mol. The van der Waals surface area contributed by atoms with Crippen LogP contribution in [0.25, 0.3) is 0 Å². The Bertz CT molecular complexity index is 1260. The quantitative estimate of drug-likeness (QED) is 0.457. The molecule has 0 aliphatic carbocycles. The van der Waals surface area contributed by atoms with Crippen molar-refractivity contribution < 1.29 is 23.9 Å². The van der Waals surface area contributed by atoms with Crippen LogP contribution in [-0.4, -0.2) is 36.3 Å². The van der Waals surface area contributed by atoms with Gasteiger partial charge < -0.3 is 9.64 Å². The van der Waals surface area contributed by atoms with E-state index in [2.05, 4.69) is 0 Å². The molecule has 1 unspecified atom stereocenters. The van der Waals surface area contributed by atoms with Crippen molar-refractivity contribution in [2.75, 3.05) is 16.4 Å². The molecule has 164 valence electrons. The molecule has 33 heavy (non-hydrogen) atoms. The van der Waals surface area contributed by atoms with Crippen molar-refractivity contribution in [1.29, 1.82) is 0 Å². The second kappa shape index (κ2) is 8.02. The van der Waals surface area contributed by atoms with E-state index >= 15 is 0 Å². The third-order valence-corrected chi connectivity index (χ3v) is 5.96. The summed E-state index contributed by atoms with van der Waals surface area (Å²) in [5.74, 6) is -1.76. The summed E-state index contributed by atoms with van der Waals surface area (Å²) < 4.78 is 5.25. The van der Waals surface area contributed by atoms with Crippen molar-refractivity contribution in [2.24, 2.45) is 0 Å². The number of carbonyl (C=O) groups is 4. The summed E-state index contributed by atoms with van der Waals surface area (Å²) in [6.07, 6.45) is 0.759. The number of ether oxygens (including phenoxy) is 1. The molecule has 0 N–H and O–H groups in total. The van der Waals surface area contributed by atoms with Gasteiger partial charge in [-0.2, -0.15) is 0 Å². The maximum atomic E-state index is 12.7. The molecule has 1 atom stereocenters. The maximum Gasteiger partial charge on any atom is 0.338 e. The van der Waals surface area contributed by atoms with E-state index in [0.717, 1.165) is 22.6 Å². The smallest absolute Gasteiger partial charge is 0.338 e. The Hall–Kier alpha value is -4.26. The lowest BCUT2D eigenvalue weighted by molar-refractivity contribution is -0.122. The van der Waals surface area contributed by atoms with Gasteiger partial charge in [0.1, 0.15) is 0 Å². The zero-order valence-electron chi connectivity index (χ0n) is 17.9. The molecule has 0 aromatic heterocycles. The standard InChI is InChI=1S/C26H20N2O5/c1-16-14-18-6-2-5-9-22(18)27(16)23(29)15-33-26(32)17-10-12-19(13-11-17)28-24(30)20-7-3-4-8-21(20)25(28)31/h2-13,16H,14-15H2,1H3. The molecular formula is C26H20N2O5. The Kier molecular flexibility index (Phi) is 5.01.